The summed E-state index contributed by atoms with van der Waals surface area (Å²) in [5.41, 5.74) is 2.27. The Morgan fingerprint density at radius 2 is 1.83 bits per heavy atom. The Labute approximate surface area is 171 Å². The summed E-state index contributed by atoms with van der Waals surface area (Å²) in [6, 6.07) is 14.1. The normalized spacial score (nSPS) is 13.8. The number of urea groups is 1. The molecule has 1 saturated heterocycles. The van der Waals surface area contributed by atoms with Crippen molar-refractivity contribution in [1.82, 2.24) is 10.2 Å². The second-order valence-corrected chi connectivity index (χ2v) is 7.01. The number of rotatable bonds is 8. The molecule has 0 aromatic heterocycles. The van der Waals surface area contributed by atoms with Crippen molar-refractivity contribution in [3.05, 3.63) is 59.9 Å². The Morgan fingerprint density at radius 1 is 1.14 bits per heavy atom. The first-order chi connectivity index (χ1) is 14.1. The molecule has 29 heavy (non-hydrogen) atoms. The summed E-state index contributed by atoms with van der Waals surface area (Å²) in [6.45, 7) is 4.86. The van der Waals surface area contributed by atoms with Crippen molar-refractivity contribution in [1.29, 1.82) is 0 Å². The Kier molecular flexibility index (Phi) is 7.69. The average molecular weight is 401 g/mol. The van der Waals surface area contributed by atoms with Crippen LogP contribution in [0.25, 0.3) is 0 Å². The van der Waals surface area contributed by atoms with Crippen molar-refractivity contribution >= 4 is 11.7 Å². The first kappa shape index (κ1) is 20.9. The Morgan fingerprint density at radius 3 is 2.52 bits per heavy atom. The molecule has 0 radical (unpaired) electrons. The number of carbonyl (C=O) groups excluding carboxylic acids is 1. The van der Waals surface area contributed by atoms with Crippen LogP contribution in [0.5, 0.6) is 5.75 Å². The summed E-state index contributed by atoms with van der Waals surface area (Å²) in [5.74, 6) is 0.332. The lowest BCUT2D eigenvalue weighted by Gasteiger charge is -2.29. The number of hydrogen-bond acceptors (Lipinski definition) is 4. The molecule has 1 aliphatic rings. The van der Waals surface area contributed by atoms with E-state index < -0.39 is 0 Å². The molecule has 1 heterocycles. The number of ether oxygens (including phenoxy) is 2. The number of nitrogens with zero attached hydrogens (tertiary/aromatic N) is 2. The average Bonchev–Trinajstić information content (AvgIpc) is 2.76. The largest absolute Gasteiger partial charge is 0.494 e. The van der Waals surface area contributed by atoms with Crippen molar-refractivity contribution in [2.45, 2.75) is 13.0 Å². The maximum absolute atomic E-state index is 12.8. The van der Waals surface area contributed by atoms with Crippen LogP contribution in [0, 0.1) is 5.82 Å². The molecular formula is C22H28FN3O3. The molecule has 2 amide bonds. The Bertz CT molecular complexity index is 762. The van der Waals surface area contributed by atoms with Gasteiger partial charge in [0.15, 0.2) is 0 Å². The quantitative estimate of drug-likeness (QED) is 0.690. The molecule has 3 rings (SSSR count). The molecule has 0 spiro atoms. The summed E-state index contributed by atoms with van der Waals surface area (Å²) in [5, 5.41) is 2.89. The molecule has 2 aromatic rings. The first-order valence-corrected chi connectivity index (χ1v) is 9.91. The van der Waals surface area contributed by atoms with Crippen LogP contribution in [-0.4, -0.2) is 57.4 Å². The van der Waals surface area contributed by atoms with Gasteiger partial charge in [-0.15, -0.1) is 0 Å². The van der Waals surface area contributed by atoms with Gasteiger partial charge in [0.2, 0.25) is 0 Å². The molecular weight excluding hydrogens is 373 g/mol. The molecule has 0 saturated carbocycles. The second-order valence-electron chi connectivity index (χ2n) is 7.01. The molecule has 156 valence electrons. The number of anilines is 1. The zero-order valence-corrected chi connectivity index (χ0v) is 16.8. The molecule has 0 aliphatic carbocycles. The third kappa shape index (κ3) is 6.64. The first-order valence-electron chi connectivity index (χ1n) is 9.91. The molecule has 1 N–H and O–H groups in total. The van der Waals surface area contributed by atoms with Crippen LogP contribution in [-0.2, 0) is 11.3 Å². The molecule has 6 nitrogen and oxygen atoms in total. The molecule has 0 unspecified atom stereocenters. The van der Waals surface area contributed by atoms with Gasteiger partial charge in [-0.2, -0.15) is 0 Å². The lowest BCUT2D eigenvalue weighted by molar-refractivity contribution is 0.122. The van der Waals surface area contributed by atoms with E-state index >= 15 is 0 Å². The molecule has 7 heteroatoms. The van der Waals surface area contributed by atoms with Gasteiger partial charge in [-0.25, -0.2) is 9.18 Å². The van der Waals surface area contributed by atoms with E-state index in [1.165, 1.54) is 17.8 Å². The van der Waals surface area contributed by atoms with E-state index in [-0.39, 0.29) is 11.8 Å². The number of halogens is 1. The molecule has 1 fully saturated rings. The summed E-state index contributed by atoms with van der Waals surface area (Å²) in [4.78, 5) is 16.2. The van der Waals surface area contributed by atoms with Gasteiger partial charge in [0.25, 0.3) is 0 Å². The van der Waals surface area contributed by atoms with E-state index in [0.717, 1.165) is 31.9 Å². The van der Waals surface area contributed by atoms with Gasteiger partial charge < -0.3 is 24.6 Å². The third-order valence-corrected chi connectivity index (χ3v) is 4.76. The van der Waals surface area contributed by atoms with Gasteiger partial charge in [0.1, 0.15) is 11.6 Å². The third-order valence-electron chi connectivity index (χ3n) is 4.76. The number of benzene rings is 2. The van der Waals surface area contributed by atoms with Crippen molar-refractivity contribution in [2.24, 2.45) is 0 Å². The zero-order chi connectivity index (χ0) is 20.5. The van der Waals surface area contributed by atoms with E-state index in [0.29, 0.717) is 31.9 Å². The molecule has 0 atom stereocenters. The number of carbonyl (C=O) groups is 1. The smallest absolute Gasteiger partial charge is 0.317 e. The fourth-order valence-corrected chi connectivity index (χ4v) is 3.10. The van der Waals surface area contributed by atoms with Crippen LogP contribution in [0.15, 0.2) is 48.5 Å². The summed E-state index contributed by atoms with van der Waals surface area (Å²) < 4.78 is 23.7. The highest BCUT2D eigenvalue weighted by Gasteiger charge is 2.12. The number of morpholine rings is 1. The van der Waals surface area contributed by atoms with Crippen LogP contribution in [0.4, 0.5) is 14.9 Å². The highest BCUT2D eigenvalue weighted by atomic mass is 19.1. The number of amides is 2. The van der Waals surface area contributed by atoms with Crippen molar-refractivity contribution in [3.63, 3.8) is 0 Å². The van der Waals surface area contributed by atoms with Crippen LogP contribution in [0.2, 0.25) is 0 Å². The van der Waals surface area contributed by atoms with E-state index in [2.05, 4.69) is 34.5 Å². The van der Waals surface area contributed by atoms with Gasteiger partial charge in [-0.1, -0.05) is 12.1 Å². The lowest BCUT2D eigenvalue weighted by Crippen LogP contribution is -2.37. The van der Waals surface area contributed by atoms with Gasteiger partial charge in [-0.05, 0) is 48.4 Å². The van der Waals surface area contributed by atoms with Gasteiger partial charge in [-0.3, -0.25) is 0 Å². The molecule has 2 aromatic carbocycles. The van der Waals surface area contributed by atoms with E-state index in [4.69, 9.17) is 9.47 Å². The number of hydrogen-bond donors (Lipinski definition) is 1. The van der Waals surface area contributed by atoms with Crippen molar-refractivity contribution in [3.8, 4) is 5.75 Å². The summed E-state index contributed by atoms with van der Waals surface area (Å²) in [6.07, 6.45) is 0.672. The van der Waals surface area contributed by atoms with Crippen LogP contribution in [0.3, 0.4) is 0 Å². The second kappa shape index (κ2) is 10.7. The van der Waals surface area contributed by atoms with E-state index in [9.17, 15) is 9.18 Å². The molecule has 0 bridgehead atoms. The van der Waals surface area contributed by atoms with Gasteiger partial charge >= 0.3 is 6.03 Å². The van der Waals surface area contributed by atoms with Crippen LogP contribution >= 0.6 is 0 Å². The summed E-state index contributed by atoms with van der Waals surface area (Å²) >= 11 is 0. The minimum Gasteiger partial charge on any atom is -0.494 e. The minimum absolute atomic E-state index is 0.121. The number of nitrogens with one attached hydrogen (secondary N) is 1. The van der Waals surface area contributed by atoms with Crippen molar-refractivity contribution in [2.75, 3.05) is 51.4 Å². The highest BCUT2D eigenvalue weighted by molar-refractivity contribution is 5.73. The predicted molar refractivity (Wildman–Crippen MR) is 111 cm³/mol. The fourth-order valence-electron chi connectivity index (χ4n) is 3.10. The Hall–Kier alpha value is -2.80. The monoisotopic (exact) mass is 401 g/mol. The van der Waals surface area contributed by atoms with Crippen molar-refractivity contribution < 1.29 is 18.7 Å². The van der Waals surface area contributed by atoms with E-state index in [1.807, 2.05) is 0 Å². The van der Waals surface area contributed by atoms with Crippen LogP contribution in [0.1, 0.15) is 12.0 Å². The van der Waals surface area contributed by atoms with Gasteiger partial charge in [0.05, 0.1) is 19.8 Å². The maximum atomic E-state index is 12.8. The maximum Gasteiger partial charge on any atom is 0.317 e. The zero-order valence-electron chi connectivity index (χ0n) is 16.8. The van der Waals surface area contributed by atoms with Gasteiger partial charge in [0, 0.05) is 38.9 Å². The standard InChI is InChI=1S/C22H28FN3O3/c1-25(17-18-3-7-20(8-4-18)26-12-15-28-16-13-26)22(27)24-11-2-14-29-21-9-5-19(23)6-10-21/h3-10H,2,11-17H2,1H3,(H,24,27). The fraction of sp³-hybridized carbons (Fsp3) is 0.409. The minimum atomic E-state index is -0.289. The van der Waals surface area contributed by atoms with E-state index in [1.54, 1.807) is 24.1 Å². The molecule has 1 aliphatic heterocycles. The lowest BCUT2D eigenvalue weighted by atomic mass is 10.2. The Balaban J connectivity index is 1.34. The summed E-state index contributed by atoms with van der Waals surface area (Å²) in [7, 11) is 1.78. The topological polar surface area (TPSA) is 54.0 Å². The highest BCUT2D eigenvalue weighted by Crippen LogP contribution is 2.17. The van der Waals surface area contributed by atoms with Crippen LogP contribution < -0.4 is 15.0 Å². The SMILES string of the molecule is CN(Cc1ccc(N2CCOCC2)cc1)C(=O)NCCCOc1ccc(F)cc1. The predicted octanol–water partition coefficient (Wildman–Crippen LogP) is 3.27.